The van der Waals surface area contributed by atoms with Gasteiger partial charge in [0.15, 0.2) is 0 Å². The Kier molecular flexibility index (Phi) is 9.48. The van der Waals surface area contributed by atoms with Crippen LogP contribution in [0, 0.1) is 94.7 Å². The highest BCUT2D eigenvalue weighted by Crippen LogP contribution is 2.69. The van der Waals surface area contributed by atoms with Crippen molar-refractivity contribution in [3.8, 4) is 72.6 Å². The van der Waals surface area contributed by atoms with Gasteiger partial charge in [-0.05, 0) is 99.0 Å². The molecule has 6 heteroatoms. The van der Waals surface area contributed by atoms with Crippen molar-refractivity contribution in [1.29, 1.82) is 0 Å². The second kappa shape index (κ2) is 14.0. The van der Waals surface area contributed by atoms with E-state index in [1.807, 2.05) is 0 Å². The lowest BCUT2D eigenvalue weighted by Crippen LogP contribution is -2.55. The molecule has 254 valence electrons. The van der Waals surface area contributed by atoms with Crippen molar-refractivity contribution in [3.63, 3.8) is 0 Å². The van der Waals surface area contributed by atoms with E-state index < -0.39 is 34.2 Å². The molecule has 7 rings (SSSR count). The molecule has 0 amide bonds. The molecule has 52 heavy (non-hydrogen) atoms. The van der Waals surface area contributed by atoms with Crippen LogP contribution in [0.5, 0.6) is 0 Å². The second-order valence-corrected chi connectivity index (χ2v) is 13.9. The number of ether oxygens (including phenoxy) is 3. The van der Waals surface area contributed by atoms with E-state index >= 15 is 0 Å². The summed E-state index contributed by atoms with van der Waals surface area (Å²) < 4.78 is 14.8. The summed E-state index contributed by atoms with van der Waals surface area (Å²) in [4.78, 5) is 37.2. The lowest BCUT2D eigenvalue weighted by Gasteiger charge is -2.62. The summed E-state index contributed by atoms with van der Waals surface area (Å²) in [5, 5.41) is 0. The third-order valence-electron chi connectivity index (χ3n) is 10.0. The molecule has 0 heterocycles. The molecule has 0 unspecified atom stereocenters. The van der Waals surface area contributed by atoms with Gasteiger partial charge in [-0.25, -0.2) is 14.4 Å². The fraction of sp³-hybridized carbons (Fsp3) is 0.283. The summed E-state index contributed by atoms with van der Waals surface area (Å²) in [5.74, 6) is 27.7. The van der Waals surface area contributed by atoms with Crippen LogP contribution in [0.1, 0.15) is 103 Å². The van der Waals surface area contributed by atoms with E-state index in [-0.39, 0.29) is 0 Å². The Labute approximate surface area is 305 Å². The average Bonchev–Trinajstić information content (AvgIpc) is 3.16. The van der Waals surface area contributed by atoms with Crippen molar-refractivity contribution in [2.45, 2.75) is 38.5 Å². The van der Waals surface area contributed by atoms with Gasteiger partial charge in [-0.3, -0.25) is 0 Å². The quantitative estimate of drug-likeness (QED) is 0.181. The molecule has 0 saturated heterocycles. The molecule has 0 spiro atoms. The molecule has 0 N–H and O–H groups in total. The topological polar surface area (TPSA) is 78.9 Å². The first-order valence-corrected chi connectivity index (χ1v) is 16.7. The Hall–Kier alpha value is -6.57. The van der Waals surface area contributed by atoms with Crippen molar-refractivity contribution in [2.24, 2.45) is 22.2 Å². The largest absolute Gasteiger partial charge is 0.465 e. The molecule has 4 bridgehead atoms. The van der Waals surface area contributed by atoms with Gasteiger partial charge in [0.1, 0.15) is 0 Å². The van der Waals surface area contributed by atoms with Crippen molar-refractivity contribution in [1.82, 2.24) is 0 Å². The predicted octanol–water partition coefficient (Wildman–Crippen LogP) is 6.40. The zero-order chi connectivity index (χ0) is 37.1. The summed E-state index contributed by atoms with van der Waals surface area (Å²) in [5.41, 5.74) is 3.15. The number of carbonyl (C=O) groups excluding carboxylic acids is 3. The maximum atomic E-state index is 12.4. The first-order chi connectivity index (χ1) is 25.0. The Morgan fingerprint density at radius 2 is 0.769 bits per heavy atom. The summed E-state index contributed by atoms with van der Waals surface area (Å²) >= 11 is 0. The van der Waals surface area contributed by atoms with Crippen LogP contribution in [0.15, 0.2) is 54.6 Å². The standard InChI is InChI=1S/C46H34O6/c1-7-31-16-34(22-38(19-31)41(47)50-4)10-13-44-25-37-26-45(28-44,14-11-35-17-32(8-2)20-39(23-35)42(48)51-5)30-46(27-37,29-44)15-12-36-18-33(9-3)21-40(24-36)43(49)52-6/h1-3,16-24,37H,25-30H2,4-6H3. The van der Waals surface area contributed by atoms with Crippen LogP contribution in [-0.4, -0.2) is 39.2 Å². The molecular weight excluding hydrogens is 649 g/mol. The molecule has 0 atom stereocenters. The van der Waals surface area contributed by atoms with E-state index in [9.17, 15) is 14.4 Å². The van der Waals surface area contributed by atoms with E-state index in [0.29, 0.717) is 56.0 Å². The van der Waals surface area contributed by atoms with Crippen LogP contribution in [-0.2, 0) is 14.2 Å². The minimum Gasteiger partial charge on any atom is -0.465 e. The van der Waals surface area contributed by atoms with Gasteiger partial charge in [-0.2, -0.15) is 0 Å². The van der Waals surface area contributed by atoms with Gasteiger partial charge in [0.05, 0.1) is 38.0 Å². The van der Waals surface area contributed by atoms with Crippen molar-refractivity contribution in [2.75, 3.05) is 21.3 Å². The minimum absolute atomic E-state index is 0.294. The Bertz CT molecular complexity index is 2080. The highest BCUT2D eigenvalue weighted by atomic mass is 16.5. The zero-order valence-corrected chi connectivity index (χ0v) is 29.2. The lowest BCUT2D eigenvalue weighted by atomic mass is 9.40. The summed E-state index contributed by atoms with van der Waals surface area (Å²) in [6.07, 6.45) is 21.9. The molecule has 0 radical (unpaired) electrons. The number of terminal acetylenes is 3. The Morgan fingerprint density at radius 1 is 0.500 bits per heavy atom. The van der Waals surface area contributed by atoms with Gasteiger partial charge in [-0.15, -0.1) is 19.3 Å². The number of hydrogen-bond acceptors (Lipinski definition) is 6. The third-order valence-corrected chi connectivity index (χ3v) is 10.0. The maximum Gasteiger partial charge on any atom is 0.337 e. The molecule has 6 nitrogen and oxygen atoms in total. The highest BCUT2D eigenvalue weighted by Gasteiger charge is 2.62. The number of esters is 3. The summed E-state index contributed by atoms with van der Waals surface area (Å²) in [6.45, 7) is 0. The van der Waals surface area contributed by atoms with Crippen LogP contribution in [0.4, 0.5) is 0 Å². The third kappa shape index (κ3) is 7.17. The van der Waals surface area contributed by atoms with Crippen LogP contribution in [0.2, 0.25) is 0 Å². The maximum absolute atomic E-state index is 12.4. The fourth-order valence-corrected chi connectivity index (χ4v) is 8.53. The van der Waals surface area contributed by atoms with E-state index in [2.05, 4.69) is 53.3 Å². The molecule has 0 aromatic heterocycles. The molecule has 4 aliphatic carbocycles. The van der Waals surface area contributed by atoms with Crippen molar-refractivity contribution < 1.29 is 28.6 Å². The second-order valence-electron chi connectivity index (χ2n) is 13.9. The minimum atomic E-state index is -0.494. The molecule has 3 aromatic rings. The number of benzene rings is 3. The van der Waals surface area contributed by atoms with E-state index in [1.165, 1.54) is 21.3 Å². The number of carbonyl (C=O) groups is 3. The van der Waals surface area contributed by atoms with Gasteiger partial charge in [0, 0.05) is 49.6 Å². The van der Waals surface area contributed by atoms with Gasteiger partial charge < -0.3 is 14.2 Å². The SMILES string of the molecule is C#Cc1cc(C#CC23CC4CC(C#Cc5cc(C#C)cc(C(=O)OC)c5)(C2)CC(C#Cc2cc(C#C)cc(C(=O)OC)c2)(C4)C3)cc(C(=O)OC)c1. The number of rotatable bonds is 3. The van der Waals surface area contributed by atoms with Crippen molar-refractivity contribution >= 4 is 17.9 Å². The fourth-order valence-electron chi connectivity index (χ4n) is 8.53. The van der Waals surface area contributed by atoms with E-state index in [1.54, 1.807) is 54.6 Å². The molecule has 3 aromatic carbocycles. The monoisotopic (exact) mass is 682 g/mol. The van der Waals surface area contributed by atoms with E-state index in [4.69, 9.17) is 33.5 Å². The molecule has 0 aliphatic heterocycles. The molecular formula is C46H34O6. The molecule has 4 aliphatic rings. The van der Waals surface area contributed by atoms with Crippen LogP contribution in [0.25, 0.3) is 0 Å². The predicted molar refractivity (Wildman–Crippen MR) is 196 cm³/mol. The van der Waals surface area contributed by atoms with Gasteiger partial charge in [0.25, 0.3) is 0 Å². The van der Waals surface area contributed by atoms with Crippen LogP contribution in [0.3, 0.4) is 0 Å². The van der Waals surface area contributed by atoms with Gasteiger partial charge in [0.2, 0.25) is 0 Å². The van der Waals surface area contributed by atoms with Gasteiger partial charge >= 0.3 is 17.9 Å². The van der Waals surface area contributed by atoms with Crippen LogP contribution < -0.4 is 0 Å². The lowest BCUT2D eigenvalue weighted by molar-refractivity contribution is -0.0837. The average molecular weight is 683 g/mol. The summed E-state index contributed by atoms with van der Waals surface area (Å²) in [6, 6.07) is 15.3. The molecule has 4 saturated carbocycles. The summed E-state index contributed by atoms with van der Waals surface area (Å²) in [7, 11) is 3.97. The van der Waals surface area contributed by atoms with E-state index in [0.717, 1.165) is 38.5 Å². The normalized spacial score (nSPS) is 23.0. The Balaban J connectivity index is 1.47. The van der Waals surface area contributed by atoms with Gasteiger partial charge in [-0.1, -0.05) is 53.3 Å². The zero-order valence-electron chi connectivity index (χ0n) is 29.2. The van der Waals surface area contributed by atoms with Crippen molar-refractivity contribution in [3.05, 3.63) is 105 Å². The highest BCUT2D eigenvalue weighted by molar-refractivity contribution is 5.91. The number of methoxy groups -OCH3 is 3. The van der Waals surface area contributed by atoms with Crippen LogP contribution >= 0.6 is 0 Å². The molecule has 4 fully saturated rings. The number of hydrogen-bond donors (Lipinski definition) is 0. The first kappa shape index (κ1) is 35.3. The Morgan fingerprint density at radius 3 is 1.02 bits per heavy atom. The first-order valence-electron chi connectivity index (χ1n) is 16.7. The smallest absolute Gasteiger partial charge is 0.337 e.